The van der Waals surface area contributed by atoms with Crippen molar-refractivity contribution in [2.75, 3.05) is 25.0 Å². The molecule has 0 amide bonds. The molecule has 1 unspecified atom stereocenters. The molecule has 0 aromatic heterocycles. The topological polar surface area (TPSA) is 39.1 Å². The standard InChI is InChI=1S/C15H21N3/c1-17-14(12-16)9-11-18-10-5-4-7-13-6-2-3-8-15(13)18/h2-3,6,8,14,17H,4-5,7,9-11H2,1H3. The van der Waals surface area contributed by atoms with Gasteiger partial charge in [-0.05, 0) is 44.4 Å². The molecule has 1 aromatic carbocycles. The van der Waals surface area contributed by atoms with Crippen molar-refractivity contribution in [1.82, 2.24) is 5.32 Å². The average molecular weight is 243 g/mol. The van der Waals surface area contributed by atoms with Gasteiger partial charge in [-0.25, -0.2) is 0 Å². The number of fused-ring (bicyclic) bond motifs is 1. The van der Waals surface area contributed by atoms with Gasteiger partial charge in [-0.15, -0.1) is 0 Å². The smallest absolute Gasteiger partial charge is 0.0967 e. The van der Waals surface area contributed by atoms with Gasteiger partial charge in [0.2, 0.25) is 0 Å². The fourth-order valence-corrected chi connectivity index (χ4v) is 2.56. The molecule has 0 bridgehead atoms. The van der Waals surface area contributed by atoms with Gasteiger partial charge in [0.05, 0.1) is 12.1 Å². The van der Waals surface area contributed by atoms with Crippen LogP contribution < -0.4 is 10.2 Å². The third-order valence-corrected chi connectivity index (χ3v) is 3.65. The lowest BCUT2D eigenvalue weighted by Crippen LogP contribution is -2.32. The zero-order valence-electron chi connectivity index (χ0n) is 11.0. The summed E-state index contributed by atoms with van der Waals surface area (Å²) >= 11 is 0. The molecule has 18 heavy (non-hydrogen) atoms. The number of rotatable bonds is 4. The van der Waals surface area contributed by atoms with Crippen LogP contribution in [0.25, 0.3) is 0 Å². The number of para-hydroxylation sites is 1. The molecule has 96 valence electrons. The van der Waals surface area contributed by atoms with Gasteiger partial charge in [0.25, 0.3) is 0 Å². The molecular formula is C15H21N3. The predicted molar refractivity (Wildman–Crippen MR) is 74.7 cm³/mol. The summed E-state index contributed by atoms with van der Waals surface area (Å²) in [5, 5.41) is 12.0. The Morgan fingerprint density at radius 1 is 1.39 bits per heavy atom. The zero-order valence-corrected chi connectivity index (χ0v) is 11.0. The highest BCUT2D eigenvalue weighted by atomic mass is 15.1. The Bertz CT molecular complexity index is 422. The maximum Gasteiger partial charge on any atom is 0.0967 e. The monoisotopic (exact) mass is 243 g/mol. The van der Waals surface area contributed by atoms with E-state index in [2.05, 4.69) is 40.6 Å². The van der Waals surface area contributed by atoms with E-state index < -0.39 is 0 Å². The third kappa shape index (κ3) is 3.02. The fraction of sp³-hybridized carbons (Fsp3) is 0.533. The Morgan fingerprint density at radius 3 is 3.00 bits per heavy atom. The molecule has 1 heterocycles. The van der Waals surface area contributed by atoms with E-state index in [1.807, 2.05) is 7.05 Å². The summed E-state index contributed by atoms with van der Waals surface area (Å²) < 4.78 is 0. The minimum atomic E-state index is -0.0413. The number of benzene rings is 1. The SMILES string of the molecule is CNC(C#N)CCN1CCCCc2ccccc21. The van der Waals surface area contributed by atoms with E-state index in [0.29, 0.717) is 0 Å². The van der Waals surface area contributed by atoms with Gasteiger partial charge in [-0.3, -0.25) is 0 Å². The van der Waals surface area contributed by atoms with Crippen molar-refractivity contribution in [1.29, 1.82) is 5.26 Å². The van der Waals surface area contributed by atoms with Crippen molar-refractivity contribution in [3.63, 3.8) is 0 Å². The van der Waals surface area contributed by atoms with Crippen LogP contribution >= 0.6 is 0 Å². The quantitative estimate of drug-likeness (QED) is 0.882. The number of nitrogens with zero attached hydrogens (tertiary/aromatic N) is 2. The van der Waals surface area contributed by atoms with Gasteiger partial charge in [0.1, 0.15) is 0 Å². The lowest BCUT2D eigenvalue weighted by atomic mass is 10.1. The number of hydrogen-bond acceptors (Lipinski definition) is 3. The Balaban J connectivity index is 2.06. The summed E-state index contributed by atoms with van der Waals surface area (Å²) in [6, 6.07) is 10.9. The van der Waals surface area contributed by atoms with Crippen LogP contribution in [0.3, 0.4) is 0 Å². The minimum Gasteiger partial charge on any atom is -0.371 e. The van der Waals surface area contributed by atoms with Crippen LogP contribution in [0.5, 0.6) is 0 Å². The molecule has 0 fully saturated rings. The van der Waals surface area contributed by atoms with Crippen molar-refractivity contribution in [2.45, 2.75) is 31.7 Å². The first-order valence-corrected chi connectivity index (χ1v) is 6.75. The molecule has 0 spiro atoms. The molecule has 0 aliphatic carbocycles. The first-order chi connectivity index (χ1) is 8.85. The number of anilines is 1. The van der Waals surface area contributed by atoms with Crippen molar-refractivity contribution in [3.8, 4) is 6.07 Å². The van der Waals surface area contributed by atoms with E-state index in [-0.39, 0.29) is 6.04 Å². The van der Waals surface area contributed by atoms with Crippen LogP contribution in [0.15, 0.2) is 24.3 Å². The fourth-order valence-electron chi connectivity index (χ4n) is 2.56. The molecule has 0 saturated carbocycles. The number of aryl methyl sites for hydroxylation is 1. The summed E-state index contributed by atoms with van der Waals surface area (Å²) in [5.74, 6) is 0. The maximum atomic E-state index is 8.98. The van der Waals surface area contributed by atoms with Crippen molar-refractivity contribution < 1.29 is 0 Å². The summed E-state index contributed by atoms with van der Waals surface area (Å²) in [6.07, 6.45) is 4.56. The third-order valence-electron chi connectivity index (χ3n) is 3.65. The predicted octanol–water partition coefficient (Wildman–Crippen LogP) is 2.33. The van der Waals surface area contributed by atoms with E-state index in [4.69, 9.17) is 5.26 Å². The van der Waals surface area contributed by atoms with Gasteiger partial charge in [-0.2, -0.15) is 5.26 Å². The van der Waals surface area contributed by atoms with Crippen LogP contribution in [0.2, 0.25) is 0 Å². The highest BCUT2D eigenvalue weighted by Gasteiger charge is 2.15. The van der Waals surface area contributed by atoms with E-state index in [0.717, 1.165) is 19.5 Å². The summed E-state index contributed by atoms with van der Waals surface area (Å²) in [7, 11) is 1.85. The van der Waals surface area contributed by atoms with Gasteiger partial charge in [0, 0.05) is 18.8 Å². The van der Waals surface area contributed by atoms with Crippen LogP contribution in [0.1, 0.15) is 24.8 Å². The number of nitrogens with one attached hydrogen (secondary N) is 1. The minimum absolute atomic E-state index is 0.0413. The van der Waals surface area contributed by atoms with Crippen molar-refractivity contribution in [3.05, 3.63) is 29.8 Å². The van der Waals surface area contributed by atoms with E-state index in [1.54, 1.807) is 0 Å². The van der Waals surface area contributed by atoms with Gasteiger partial charge in [-0.1, -0.05) is 18.2 Å². The Kier molecular flexibility index (Phi) is 4.60. The second-order valence-electron chi connectivity index (χ2n) is 4.83. The summed E-state index contributed by atoms with van der Waals surface area (Å²) in [6.45, 7) is 2.06. The highest BCUT2D eigenvalue weighted by Crippen LogP contribution is 2.26. The highest BCUT2D eigenvalue weighted by molar-refractivity contribution is 5.54. The number of hydrogen-bond donors (Lipinski definition) is 1. The Hall–Kier alpha value is -1.53. The summed E-state index contributed by atoms with van der Waals surface area (Å²) in [5.41, 5.74) is 2.82. The van der Waals surface area contributed by atoms with Gasteiger partial charge >= 0.3 is 0 Å². The first kappa shape index (κ1) is 12.9. The molecule has 1 N–H and O–H groups in total. The van der Waals surface area contributed by atoms with E-state index in [1.165, 1.54) is 30.5 Å². The van der Waals surface area contributed by atoms with Crippen molar-refractivity contribution in [2.24, 2.45) is 0 Å². The molecular weight excluding hydrogens is 222 g/mol. The molecule has 3 nitrogen and oxygen atoms in total. The zero-order chi connectivity index (χ0) is 12.8. The Labute approximate surface area is 109 Å². The molecule has 1 atom stereocenters. The number of nitriles is 1. The molecule has 1 aliphatic heterocycles. The lowest BCUT2D eigenvalue weighted by molar-refractivity contribution is 0.601. The van der Waals surface area contributed by atoms with Crippen LogP contribution in [-0.4, -0.2) is 26.2 Å². The largest absolute Gasteiger partial charge is 0.371 e. The van der Waals surface area contributed by atoms with Crippen molar-refractivity contribution >= 4 is 5.69 Å². The Morgan fingerprint density at radius 2 is 2.22 bits per heavy atom. The van der Waals surface area contributed by atoms with Gasteiger partial charge < -0.3 is 10.2 Å². The maximum absolute atomic E-state index is 8.98. The van der Waals surface area contributed by atoms with E-state index >= 15 is 0 Å². The molecule has 1 aliphatic rings. The van der Waals surface area contributed by atoms with Crippen LogP contribution in [0, 0.1) is 11.3 Å². The molecule has 1 aromatic rings. The molecule has 0 radical (unpaired) electrons. The second-order valence-corrected chi connectivity index (χ2v) is 4.83. The second kappa shape index (κ2) is 6.42. The van der Waals surface area contributed by atoms with Crippen LogP contribution in [-0.2, 0) is 6.42 Å². The first-order valence-electron chi connectivity index (χ1n) is 6.75. The molecule has 3 heteroatoms. The lowest BCUT2D eigenvalue weighted by Gasteiger charge is -2.25. The normalized spacial score (nSPS) is 16.6. The average Bonchev–Trinajstić information content (AvgIpc) is 2.62. The molecule has 0 saturated heterocycles. The van der Waals surface area contributed by atoms with Crippen LogP contribution in [0.4, 0.5) is 5.69 Å². The molecule has 2 rings (SSSR count). The van der Waals surface area contributed by atoms with E-state index in [9.17, 15) is 0 Å². The van der Waals surface area contributed by atoms with Gasteiger partial charge in [0.15, 0.2) is 0 Å². The summed E-state index contributed by atoms with van der Waals surface area (Å²) in [4.78, 5) is 2.43.